The Bertz CT molecular complexity index is 1050. The molecule has 0 spiro atoms. The average Bonchev–Trinajstić information content (AvgIpc) is 3.02. The van der Waals surface area contributed by atoms with E-state index in [4.69, 9.17) is 9.47 Å². The zero-order chi connectivity index (χ0) is 22.7. The van der Waals surface area contributed by atoms with E-state index < -0.39 is 23.5 Å². The van der Waals surface area contributed by atoms with Gasteiger partial charge in [0.25, 0.3) is 11.7 Å². The van der Waals surface area contributed by atoms with Crippen LogP contribution < -0.4 is 9.47 Å². The Labute approximate surface area is 180 Å². The number of aliphatic hydroxyl groups is 1. The lowest BCUT2D eigenvalue weighted by molar-refractivity contribution is -0.139. The van der Waals surface area contributed by atoms with Gasteiger partial charge in [0.1, 0.15) is 11.6 Å². The summed E-state index contributed by atoms with van der Waals surface area (Å²) in [5.74, 6) is -1.44. The highest BCUT2D eigenvalue weighted by Gasteiger charge is 2.47. The van der Waals surface area contributed by atoms with Gasteiger partial charge in [0.2, 0.25) is 0 Å². The average molecular weight is 427 g/mol. The fourth-order valence-corrected chi connectivity index (χ4v) is 3.84. The molecule has 0 saturated carbocycles. The number of carbonyl (C=O) groups is 2. The number of hydrogen-bond donors (Lipinski definition) is 1. The van der Waals surface area contributed by atoms with Crippen LogP contribution in [0.25, 0.3) is 5.76 Å². The number of hydrogen-bond acceptors (Lipinski definition) is 5. The lowest BCUT2D eigenvalue weighted by Crippen LogP contribution is -2.30. The normalized spacial score (nSPS) is 17.8. The number of halogens is 1. The van der Waals surface area contributed by atoms with E-state index in [-0.39, 0.29) is 16.9 Å². The summed E-state index contributed by atoms with van der Waals surface area (Å²) >= 11 is 0. The third-order valence-electron chi connectivity index (χ3n) is 5.45. The van der Waals surface area contributed by atoms with Crippen LogP contribution in [0.2, 0.25) is 0 Å². The second kappa shape index (κ2) is 9.20. The summed E-state index contributed by atoms with van der Waals surface area (Å²) < 4.78 is 24.7. The van der Waals surface area contributed by atoms with E-state index >= 15 is 0 Å². The molecule has 1 fully saturated rings. The Morgan fingerprint density at radius 2 is 1.90 bits per heavy atom. The van der Waals surface area contributed by atoms with Gasteiger partial charge in [0, 0.05) is 17.7 Å². The van der Waals surface area contributed by atoms with Crippen molar-refractivity contribution in [3.05, 3.63) is 64.5 Å². The summed E-state index contributed by atoms with van der Waals surface area (Å²) in [6.07, 6.45) is 1.51. The molecule has 3 rings (SSSR count). The molecule has 1 unspecified atom stereocenters. The van der Waals surface area contributed by atoms with Crippen LogP contribution >= 0.6 is 0 Å². The molecular weight excluding hydrogens is 401 g/mol. The number of likely N-dealkylation sites (tertiary alicyclic amines) is 1. The lowest BCUT2D eigenvalue weighted by Gasteiger charge is -2.27. The number of amides is 1. The fourth-order valence-electron chi connectivity index (χ4n) is 3.84. The molecule has 6 nitrogen and oxygen atoms in total. The Kier molecular flexibility index (Phi) is 6.63. The molecule has 1 atom stereocenters. The van der Waals surface area contributed by atoms with Crippen LogP contribution in [0.5, 0.6) is 11.5 Å². The monoisotopic (exact) mass is 427 g/mol. The van der Waals surface area contributed by atoms with Gasteiger partial charge in [-0.3, -0.25) is 9.59 Å². The summed E-state index contributed by atoms with van der Waals surface area (Å²) in [6.45, 7) is 3.89. The van der Waals surface area contributed by atoms with Crippen molar-refractivity contribution in [2.45, 2.75) is 32.7 Å². The highest BCUT2D eigenvalue weighted by molar-refractivity contribution is 6.46. The molecule has 2 aromatic carbocycles. The maximum atomic E-state index is 13.7. The van der Waals surface area contributed by atoms with Crippen LogP contribution in [0, 0.1) is 12.7 Å². The molecule has 0 aliphatic carbocycles. The van der Waals surface area contributed by atoms with E-state index in [9.17, 15) is 19.1 Å². The first-order chi connectivity index (χ1) is 14.8. The third-order valence-corrected chi connectivity index (χ3v) is 5.45. The van der Waals surface area contributed by atoms with E-state index in [2.05, 4.69) is 0 Å². The minimum Gasteiger partial charge on any atom is -0.507 e. The second-order valence-electron chi connectivity index (χ2n) is 7.39. The zero-order valence-electron chi connectivity index (χ0n) is 18.1. The van der Waals surface area contributed by atoms with E-state index in [1.165, 1.54) is 37.3 Å². The number of benzene rings is 2. The second-order valence-corrected chi connectivity index (χ2v) is 7.39. The van der Waals surface area contributed by atoms with Gasteiger partial charge in [-0.1, -0.05) is 25.5 Å². The van der Waals surface area contributed by atoms with Crippen LogP contribution in [0.4, 0.5) is 4.39 Å². The van der Waals surface area contributed by atoms with Gasteiger partial charge in [0.05, 0.1) is 25.8 Å². The lowest BCUT2D eigenvalue weighted by atomic mass is 9.94. The molecule has 1 amide bonds. The van der Waals surface area contributed by atoms with E-state index in [1.807, 2.05) is 6.92 Å². The molecule has 0 aromatic heterocycles. The molecular formula is C24H26FNO5. The minimum atomic E-state index is -0.859. The van der Waals surface area contributed by atoms with Gasteiger partial charge in [-0.25, -0.2) is 4.39 Å². The number of ketones is 1. The van der Waals surface area contributed by atoms with Gasteiger partial charge in [0.15, 0.2) is 11.5 Å². The Balaban J connectivity index is 2.27. The minimum absolute atomic E-state index is 0.0568. The van der Waals surface area contributed by atoms with E-state index in [1.54, 1.807) is 25.1 Å². The zero-order valence-corrected chi connectivity index (χ0v) is 18.1. The van der Waals surface area contributed by atoms with Gasteiger partial charge in [-0.05, 0) is 43.2 Å². The maximum absolute atomic E-state index is 13.7. The molecule has 0 radical (unpaired) electrons. The molecule has 7 heteroatoms. The number of rotatable bonds is 7. The molecule has 1 aliphatic rings. The smallest absolute Gasteiger partial charge is 0.295 e. The molecule has 0 bridgehead atoms. The van der Waals surface area contributed by atoms with Gasteiger partial charge >= 0.3 is 0 Å². The Hall–Kier alpha value is -3.35. The standard InChI is InChI=1S/C24H26FNO5/c1-5-6-12-26-20(16-8-7-9-18(30-3)23(16)31-4)19(22(28)24(26)29)21(27)15-10-11-17(25)14(2)13-15/h7-11,13,20,27H,5-6,12H2,1-4H3/b21-19+. The fraction of sp³-hybridized carbons (Fsp3) is 0.333. The highest BCUT2D eigenvalue weighted by Crippen LogP contribution is 2.45. The first-order valence-corrected chi connectivity index (χ1v) is 10.1. The molecule has 1 aliphatic heterocycles. The van der Waals surface area contributed by atoms with Crippen molar-refractivity contribution >= 4 is 17.4 Å². The first kappa shape index (κ1) is 22.3. The number of Topliss-reactive ketones (excluding diaryl/α,β-unsaturated/α-hetero) is 1. The quantitative estimate of drug-likeness (QED) is 0.403. The topological polar surface area (TPSA) is 76.1 Å². The Morgan fingerprint density at radius 3 is 2.52 bits per heavy atom. The SMILES string of the molecule is CCCCN1C(=O)C(=O)/C(=C(/O)c2ccc(F)c(C)c2)C1c1cccc(OC)c1OC. The van der Waals surface area contributed by atoms with Gasteiger partial charge in [-0.2, -0.15) is 0 Å². The van der Waals surface area contributed by atoms with Crippen molar-refractivity contribution in [3.63, 3.8) is 0 Å². The highest BCUT2D eigenvalue weighted by atomic mass is 19.1. The largest absolute Gasteiger partial charge is 0.507 e. The first-order valence-electron chi connectivity index (χ1n) is 10.1. The van der Waals surface area contributed by atoms with Crippen molar-refractivity contribution in [1.82, 2.24) is 4.90 Å². The molecule has 1 N–H and O–H groups in total. The summed E-state index contributed by atoms with van der Waals surface area (Å²) in [7, 11) is 2.97. The number of unbranched alkanes of at least 4 members (excludes halogenated alkanes) is 1. The van der Waals surface area contributed by atoms with Crippen LogP contribution in [-0.2, 0) is 9.59 Å². The van der Waals surface area contributed by atoms with Crippen LogP contribution in [0.1, 0.15) is 42.5 Å². The van der Waals surface area contributed by atoms with Crippen LogP contribution in [-0.4, -0.2) is 42.5 Å². The third kappa shape index (κ3) is 4.00. The molecule has 31 heavy (non-hydrogen) atoms. The molecule has 1 heterocycles. The number of nitrogens with zero attached hydrogens (tertiary/aromatic N) is 1. The van der Waals surface area contributed by atoms with E-state index in [0.717, 1.165) is 6.42 Å². The predicted octanol–water partition coefficient (Wildman–Crippen LogP) is 4.37. The van der Waals surface area contributed by atoms with Crippen LogP contribution in [0.3, 0.4) is 0 Å². The number of ether oxygens (including phenoxy) is 2. The predicted molar refractivity (Wildman–Crippen MR) is 115 cm³/mol. The van der Waals surface area contributed by atoms with Gasteiger partial charge < -0.3 is 19.5 Å². The number of aryl methyl sites for hydroxylation is 1. The summed E-state index contributed by atoms with van der Waals surface area (Å²) in [6, 6.07) is 8.38. The van der Waals surface area contributed by atoms with Crippen molar-refractivity contribution < 1.29 is 28.6 Å². The number of carbonyl (C=O) groups excluding carboxylic acids is 2. The molecule has 164 valence electrons. The van der Waals surface area contributed by atoms with Gasteiger partial charge in [-0.15, -0.1) is 0 Å². The molecule has 2 aromatic rings. The van der Waals surface area contributed by atoms with Crippen molar-refractivity contribution in [2.24, 2.45) is 0 Å². The number of aliphatic hydroxyl groups excluding tert-OH is 1. The van der Waals surface area contributed by atoms with Crippen molar-refractivity contribution in [3.8, 4) is 11.5 Å². The number of para-hydroxylation sites is 1. The maximum Gasteiger partial charge on any atom is 0.295 e. The summed E-state index contributed by atoms with van der Waals surface area (Å²) in [5, 5.41) is 11.1. The van der Waals surface area contributed by atoms with Crippen molar-refractivity contribution in [1.29, 1.82) is 0 Å². The molecule has 1 saturated heterocycles. The Morgan fingerprint density at radius 1 is 1.16 bits per heavy atom. The van der Waals surface area contributed by atoms with Crippen LogP contribution in [0.15, 0.2) is 42.0 Å². The summed E-state index contributed by atoms with van der Waals surface area (Å²) in [4.78, 5) is 27.4. The van der Waals surface area contributed by atoms with Crippen molar-refractivity contribution in [2.75, 3.05) is 20.8 Å². The number of methoxy groups -OCH3 is 2. The van der Waals surface area contributed by atoms with E-state index in [0.29, 0.717) is 35.6 Å². The summed E-state index contributed by atoms with van der Waals surface area (Å²) in [5.41, 5.74) is 1.05.